The van der Waals surface area contributed by atoms with Gasteiger partial charge < -0.3 is 5.32 Å². The van der Waals surface area contributed by atoms with Crippen molar-refractivity contribution in [2.75, 3.05) is 6.54 Å². The predicted molar refractivity (Wildman–Crippen MR) is 60.0 cm³/mol. The largest absolute Gasteiger partial charge is 0.390 e. The van der Waals surface area contributed by atoms with Crippen LogP contribution in [0.15, 0.2) is 11.4 Å². The molecule has 0 aliphatic rings. The average molecular weight is 349 g/mol. The van der Waals surface area contributed by atoms with Crippen LogP contribution in [0.4, 0.5) is 13.2 Å². The van der Waals surface area contributed by atoms with Crippen molar-refractivity contribution < 1.29 is 18.0 Å². The Labute approximate surface area is 102 Å². The van der Waals surface area contributed by atoms with Gasteiger partial charge in [0, 0.05) is 11.9 Å². The van der Waals surface area contributed by atoms with Crippen LogP contribution in [0, 0.1) is 2.88 Å². The van der Waals surface area contributed by atoms with Gasteiger partial charge in [-0.2, -0.15) is 13.2 Å². The number of alkyl halides is 3. The molecule has 7 heteroatoms. The topological polar surface area (TPSA) is 29.1 Å². The molecule has 0 radical (unpaired) electrons. The van der Waals surface area contributed by atoms with Gasteiger partial charge in [0.15, 0.2) is 0 Å². The van der Waals surface area contributed by atoms with Crippen molar-refractivity contribution in [2.24, 2.45) is 0 Å². The maximum absolute atomic E-state index is 11.8. The molecular weight excluding hydrogens is 342 g/mol. The molecule has 0 aliphatic carbocycles. The van der Waals surface area contributed by atoms with Gasteiger partial charge in [-0.25, -0.2) is 0 Å². The summed E-state index contributed by atoms with van der Waals surface area (Å²) >= 11 is 3.42. The first-order chi connectivity index (χ1) is 6.88. The average Bonchev–Trinajstić information content (AvgIpc) is 2.49. The zero-order valence-corrected chi connectivity index (χ0v) is 10.4. The monoisotopic (exact) mass is 349 g/mol. The van der Waals surface area contributed by atoms with E-state index in [1.54, 1.807) is 11.4 Å². The van der Waals surface area contributed by atoms with Crippen LogP contribution < -0.4 is 5.32 Å². The van der Waals surface area contributed by atoms with E-state index < -0.39 is 18.5 Å². The predicted octanol–water partition coefficient (Wildman–Crippen LogP) is 3.03. The van der Waals surface area contributed by atoms with E-state index in [0.717, 1.165) is 2.88 Å². The smallest absolute Gasteiger partial charge is 0.352 e. The molecule has 1 heterocycles. The quantitative estimate of drug-likeness (QED) is 0.836. The summed E-state index contributed by atoms with van der Waals surface area (Å²) in [6.07, 6.45) is -5.23. The highest BCUT2D eigenvalue weighted by Crippen LogP contribution is 2.19. The van der Waals surface area contributed by atoms with Crippen LogP contribution in [0.25, 0.3) is 0 Å². The lowest BCUT2D eigenvalue weighted by Crippen LogP contribution is -2.27. The Kier molecular flexibility index (Phi) is 4.38. The third kappa shape index (κ3) is 4.83. The second-order valence-corrected chi connectivity index (χ2v) is 5.57. The van der Waals surface area contributed by atoms with Crippen LogP contribution in [-0.4, -0.2) is 18.6 Å². The van der Waals surface area contributed by atoms with E-state index in [1.807, 2.05) is 22.6 Å². The number of nitrogens with one attached hydrogen (secondary N) is 1. The van der Waals surface area contributed by atoms with Crippen LogP contribution in [0.5, 0.6) is 0 Å². The van der Waals surface area contributed by atoms with Crippen molar-refractivity contribution in [3.63, 3.8) is 0 Å². The van der Waals surface area contributed by atoms with E-state index >= 15 is 0 Å². The van der Waals surface area contributed by atoms with E-state index in [2.05, 4.69) is 5.32 Å². The second-order valence-electron chi connectivity index (χ2n) is 2.76. The molecule has 2 nitrogen and oxygen atoms in total. The molecule has 0 fully saturated rings. The first-order valence-corrected chi connectivity index (χ1v) is 5.93. The molecule has 1 N–H and O–H groups in total. The Morgan fingerprint density at radius 3 is 2.67 bits per heavy atom. The maximum Gasteiger partial charge on any atom is 0.390 e. The first kappa shape index (κ1) is 12.8. The third-order valence-electron chi connectivity index (χ3n) is 1.52. The van der Waals surface area contributed by atoms with Gasteiger partial charge in [-0.3, -0.25) is 4.79 Å². The van der Waals surface area contributed by atoms with Gasteiger partial charge in [0.2, 0.25) is 0 Å². The molecule has 0 aromatic carbocycles. The van der Waals surface area contributed by atoms with Crippen molar-refractivity contribution in [3.8, 4) is 0 Å². The Balaban J connectivity index is 2.37. The van der Waals surface area contributed by atoms with E-state index in [0.29, 0.717) is 5.56 Å². The van der Waals surface area contributed by atoms with Crippen LogP contribution in [-0.2, 0) is 0 Å². The molecule has 84 valence electrons. The normalized spacial score (nSPS) is 11.5. The van der Waals surface area contributed by atoms with Crippen molar-refractivity contribution in [2.45, 2.75) is 12.6 Å². The Morgan fingerprint density at radius 2 is 2.20 bits per heavy atom. The van der Waals surface area contributed by atoms with Gasteiger partial charge in [-0.05, 0) is 28.7 Å². The zero-order chi connectivity index (χ0) is 11.5. The lowest BCUT2D eigenvalue weighted by molar-refractivity contribution is -0.132. The number of rotatable bonds is 3. The third-order valence-corrected chi connectivity index (χ3v) is 3.31. The maximum atomic E-state index is 11.8. The number of hydrogen-bond donors (Lipinski definition) is 1. The Bertz CT molecular complexity index is 350. The number of carbonyl (C=O) groups excluding carboxylic acids is 1. The minimum Gasteiger partial charge on any atom is -0.352 e. The highest BCUT2D eigenvalue weighted by molar-refractivity contribution is 14.1. The highest BCUT2D eigenvalue weighted by atomic mass is 127. The van der Waals surface area contributed by atoms with Gasteiger partial charge in [0.05, 0.1) is 14.9 Å². The fraction of sp³-hybridized carbons (Fsp3) is 0.375. The summed E-state index contributed by atoms with van der Waals surface area (Å²) in [5.74, 6) is -0.460. The molecule has 0 atom stereocenters. The molecule has 0 unspecified atom stereocenters. The fourth-order valence-corrected chi connectivity index (χ4v) is 2.18. The van der Waals surface area contributed by atoms with Crippen LogP contribution in [0.1, 0.15) is 16.8 Å². The van der Waals surface area contributed by atoms with Gasteiger partial charge in [0.1, 0.15) is 0 Å². The molecule has 0 saturated heterocycles. The zero-order valence-electron chi connectivity index (χ0n) is 7.40. The number of hydrogen-bond acceptors (Lipinski definition) is 2. The molecular formula is C8H7F3INOS. The standard InChI is InChI=1S/C8H7F3INOS/c9-8(10,11)1-2-13-7(14)5-3-6(12)15-4-5/h3-4H,1-2H2,(H,13,14). The van der Waals surface area contributed by atoms with Crippen molar-refractivity contribution in [1.29, 1.82) is 0 Å². The van der Waals surface area contributed by atoms with E-state index in [9.17, 15) is 18.0 Å². The molecule has 0 bridgehead atoms. The highest BCUT2D eigenvalue weighted by Gasteiger charge is 2.26. The fourth-order valence-electron chi connectivity index (χ4n) is 0.849. The minimum atomic E-state index is -4.23. The lowest BCUT2D eigenvalue weighted by atomic mass is 10.3. The molecule has 15 heavy (non-hydrogen) atoms. The molecule has 1 rings (SSSR count). The van der Waals surface area contributed by atoms with E-state index in [-0.39, 0.29) is 6.54 Å². The summed E-state index contributed by atoms with van der Waals surface area (Å²) in [5, 5.41) is 3.83. The molecule has 1 amide bonds. The SMILES string of the molecule is O=C(NCCC(F)(F)F)c1csc(I)c1. The van der Waals surface area contributed by atoms with E-state index in [4.69, 9.17) is 0 Å². The lowest BCUT2D eigenvalue weighted by Gasteiger charge is -2.06. The Morgan fingerprint density at radius 1 is 1.53 bits per heavy atom. The minimum absolute atomic E-state index is 0.380. The summed E-state index contributed by atoms with van der Waals surface area (Å²) in [6.45, 7) is -0.380. The summed E-state index contributed by atoms with van der Waals surface area (Å²) in [5.41, 5.74) is 0.409. The molecule has 1 aromatic rings. The molecule has 1 aromatic heterocycles. The van der Waals surface area contributed by atoms with Gasteiger partial charge >= 0.3 is 6.18 Å². The number of halogens is 4. The summed E-state index contributed by atoms with van der Waals surface area (Å²) in [4.78, 5) is 11.3. The molecule has 0 spiro atoms. The number of amides is 1. The van der Waals surface area contributed by atoms with Crippen molar-refractivity contribution >= 4 is 39.8 Å². The van der Waals surface area contributed by atoms with Gasteiger partial charge in [-0.1, -0.05) is 0 Å². The molecule has 0 saturated carbocycles. The molecule has 0 aliphatic heterocycles. The van der Waals surface area contributed by atoms with Crippen LogP contribution in [0.3, 0.4) is 0 Å². The van der Waals surface area contributed by atoms with Crippen LogP contribution in [0.2, 0.25) is 0 Å². The first-order valence-electron chi connectivity index (χ1n) is 3.97. The second kappa shape index (κ2) is 5.15. The van der Waals surface area contributed by atoms with Gasteiger partial charge in [0.25, 0.3) is 5.91 Å². The summed E-state index contributed by atoms with van der Waals surface area (Å²) in [6, 6.07) is 1.63. The number of carbonyl (C=O) groups is 1. The van der Waals surface area contributed by atoms with Crippen LogP contribution >= 0.6 is 33.9 Å². The van der Waals surface area contributed by atoms with E-state index in [1.165, 1.54) is 11.3 Å². The van der Waals surface area contributed by atoms with Crippen molar-refractivity contribution in [3.05, 3.63) is 19.9 Å². The summed E-state index contributed by atoms with van der Waals surface area (Å²) in [7, 11) is 0. The summed E-state index contributed by atoms with van der Waals surface area (Å²) < 4.78 is 36.2. The van der Waals surface area contributed by atoms with Crippen molar-refractivity contribution in [1.82, 2.24) is 5.32 Å². The van der Waals surface area contributed by atoms with Gasteiger partial charge in [-0.15, -0.1) is 11.3 Å². The number of thiophene rings is 1. The Hall–Kier alpha value is -0.310.